The molecule has 1 unspecified atom stereocenters. The Kier molecular flexibility index (Phi) is 4.86. The van der Waals surface area contributed by atoms with Crippen LogP contribution in [0.4, 0.5) is 14.5 Å². The fourth-order valence-corrected chi connectivity index (χ4v) is 5.43. The number of halogens is 2. The third-order valence-electron chi connectivity index (χ3n) is 6.33. The average Bonchev–Trinajstić information content (AvgIpc) is 3.46. The third-order valence-corrected chi connectivity index (χ3v) is 7.35. The standard InChI is InChI=1S/C23H25F2N5O2S/c1-22(11-23(24,25)12-22)13-30-20(17-5-3-4-16(14-6-7-14)19(17)29-30)21(31)28-15-8-9-27-18(10-15)33(2,26)32/h3-5,8-10,14,26H,6-7,11-13H2,1-2H3,(H,27,28,31). The molecule has 7 nitrogen and oxygen atoms in total. The number of aromatic nitrogens is 3. The van der Waals surface area contributed by atoms with Crippen molar-refractivity contribution in [2.24, 2.45) is 5.41 Å². The Balaban J connectivity index is 1.54. The summed E-state index contributed by atoms with van der Waals surface area (Å²) in [6.45, 7) is 2.00. The van der Waals surface area contributed by atoms with E-state index in [0.717, 1.165) is 23.9 Å². The Morgan fingerprint density at radius 2 is 2.03 bits per heavy atom. The molecule has 0 radical (unpaired) electrons. The van der Waals surface area contributed by atoms with Crippen LogP contribution in [0.5, 0.6) is 0 Å². The smallest absolute Gasteiger partial charge is 0.274 e. The van der Waals surface area contributed by atoms with Crippen molar-refractivity contribution < 1.29 is 17.8 Å². The van der Waals surface area contributed by atoms with Crippen LogP contribution in [0.2, 0.25) is 0 Å². The maximum Gasteiger partial charge on any atom is 0.274 e. The molecule has 0 spiro atoms. The molecule has 2 fully saturated rings. The van der Waals surface area contributed by atoms with Gasteiger partial charge in [-0.05, 0) is 41.9 Å². The summed E-state index contributed by atoms with van der Waals surface area (Å²) in [5.74, 6) is -2.71. The predicted molar refractivity (Wildman–Crippen MR) is 121 cm³/mol. The average molecular weight is 474 g/mol. The number of fused-ring (bicyclic) bond motifs is 1. The van der Waals surface area contributed by atoms with Gasteiger partial charge in [0, 0.05) is 42.9 Å². The lowest BCUT2D eigenvalue weighted by molar-refractivity contribution is -0.159. The molecule has 2 saturated carbocycles. The first-order valence-corrected chi connectivity index (χ1v) is 12.8. The SMILES string of the molecule is CC1(Cn2nc3c(C4CC4)cccc3c2C(=O)Nc2ccnc(S(C)(=N)=O)c2)CC(F)(F)C1. The van der Waals surface area contributed by atoms with E-state index in [1.807, 2.05) is 18.2 Å². The molecule has 2 heterocycles. The van der Waals surface area contributed by atoms with Crippen LogP contribution < -0.4 is 5.32 Å². The first-order valence-electron chi connectivity index (χ1n) is 10.8. The maximum atomic E-state index is 13.6. The molecule has 3 aromatic rings. The van der Waals surface area contributed by atoms with E-state index in [1.54, 1.807) is 17.7 Å². The quantitative estimate of drug-likeness (QED) is 0.524. The molecule has 174 valence electrons. The second kappa shape index (κ2) is 7.31. The molecule has 1 aromatic carbocycles. The summed E-state index contributed by atoms with van der Waals surface area (Å²) < 4.78 is 48.7. The second-order valence-corrected chi connectivity index (χ2v) is 11.8. The summed E-state index contributed by atoms with van der Waals surface area (Å²) in [5, 5.41) is 8.28. The second-order valence-electron chi connectivity index (χ2n) is 9.72. The molecule has 2 N–H and O–H groups in total. The molecule has 2 aliphatic carbocycles. The van der Waals surface area contributed by atoms with Gasteiger partial charge in [-0.1, -0.05) is 25.1 Å². The van der Waals surface area contributed by atoms with Crippen LogP contribution in [-0.4, -0.2) is 37.1 Å². The minimum Gasteiger partial charge on any atom is -0.320 e. The van der Waals surface area contributed by atoms with E-state index in [0.29, 0.717) is 22.7 Å². The van der Waals surface area contributed by atoms with Crippen LogP contribution in [0, 0.1) is 10.2 Å². The molecule has 1 amide bonds. The number of carbonyl (C=O) groups excluding carboxylic acids is 1. The highest BCUT2D eigenvalue weighted by Gasteiger charge is 2.54. The van der Waals surface area contributed by atoms with Gasteiger partial charge < -0.3 is 5.32 Å². The van der Waals surface area contributed by atoms with Gasteiger partial charge >= 0.3 is 0 Å². The summed E-state index contributed by atoms with van der Waals surface area (Å²) in [4.78, 5) is 17.4. The van der Waals surface area contributed by atoms with Crippen LogP contribution in [0.25, 0.3) is 10.9 Å². The van der Waals surface area contributed by atoms with Gasteiger partial charge in [-0.2, -0.15) is 5.10 Å². The van der Waals surface area contributed by atoms with E-state index in [-0.39, 0.29) is 24.4 Å². The number of rotatable bonds is 6. The van der Waals surface area contributed by atoms with Gasteiger partial charge in [0.2, 0.25) is 5.92 Å². The molecule has 0 saturated heterocycles. The Labute approximate surface area is 190 Å². The van der Waals surface area contributed by atoms with Crippen LogP contribution in [0.15, 0.2) is 41.6 Å². The lowest BCUT2D eigenvalue weighted by Crippen LogP contribution is -2.47. The van der Waals surface area contributed by atoms with Crippen LogP contribution >= 0.6 is 0 Å². The summed E-state index contributed by atoms with van der Waals surface area (Å²) in [6, 6.07) is 8.71. The Bertz CT molecular complexity index is 1370. The molecule has 0 aliphatic heterocycles. The monoisotopic (exact) mass is 473 g/mol. The fraction of sp³-hybridized carbons (Fsp3) is 0.435. The zero-order valence-corrected chi connectivity index (χ0v) is 19.2. The number of pyridine rings is 1. The first-order chi connectivity index (χ1) is 15.4. The van der Waals surface area contributed by atoms with E-state index in [1.165, 1.54) is 18.5 Å². The van der Waals surface area contributed by atoms with E-state index < -0.39 is 27.0 Å². The highest BCUT2D eigenvalue weighted by molar-refractivity contribution is 7.91. The van der Waals surface area contributed by atoms with Crippen molar-refractivity contribution in [1.82, 2.24) is 14.8 Å². The zero-order chi connectivity index (χ0) is 23.6. The Morgan fingerprint density at radius 1 is 1.30 bits per heavy atom. The molecule has 2 aliphatic rings. The summed E-state index contributed by atoms with van der Waals surface area (Å²) in [7, 11) is -3.05. The van der Waals surface area contributed by atoms with Crippen molar-refractivity contribution in [2.75, 3.05) is 11.6 Å². The number of hydrogen-bond donors (Lipinski definition) is 2. The van der Waals surface area contributed by atoms with Crippen molar-refractivity contribution in [3.8, 4) is 0 Å². The van der Waals surface area contributed by atoms with Crippen LogP contribution in [0.1, 0.15) is 54.6 Å². The highest BCUT2D eigenvalue weighted by Crippen LogP contribution is 2.53. The normalized spacial score (nSPS) is 20.7. The molecule has 2 aromatic heterocycles. The number of anilines is 1. The number of nitrogens with zero attached hydrogens (tertiary/aromatic N) is 3. The molecule has 1 atom stereocenters. The van der Waals surface area contributed by atoms with Crippen molar-refractivity contribution in [1.29, 1.82) is 4.78 Å². The maximum absolute atomic E-state index is 13.6. The number of alkyl halides is 2. The predicted octanol–water partition coefficient (Wildman–Crippen LogP) is 5.03. The first kappa shape index (κ1) is 21.9. The lowest BCUT2D eigenvalue weighted by Gasteiger charge is -2.44. The topological polar surface area (TPSA) is 101 Å². The minimum absolute atomic E-state index is 0.0684. The molecular formula is C23H25F2N5O2S. The fourth-order valence-electron chi connectivity index (χ4n) is 4.81. The summed E-state index contributed by atoms with van der Waals surface area (Å²) in [6.07, 6.45) is 4.31. The van der Waals surface area contributed by atoms with Gasteiger partial charge in [0.15, 0.2) is 0 Å². The van der Waals surface area contributed by atoms with Crippen LogP contribution in [0.3, 0.4) is 0 Å². The largest absolute Gasteiger partial charge is 0.320 e. The zero-order valence-electron chi connectivity index (χ0n) is 18.4. The van der Waals surface area contributed by atoms with E-state index in [4.69, 9.17) is 9.88 Å². The number of amides is 1. The molecule has 33 heavy (non-hydrogen) atoms. The number of carbonyl (C=O) groups is 1. The molecular weight excluding hydrogens is 448 g/mol. The summed E-state index contributed by atoms with van der Waals surface area (Å²) in [5.41, 5.74) is 1.83. The van der Waals surface area contributed by atoms with Crippen molar-refractivity contribution >= 4 is 32.2 Å². The van der Waals surface area contributed by atoms with E-state index >= 15 is 0 Å². The van der Waals surface area contributed by atoms with Crippen molar-refractivity contribution in [2.45, 2.75) is 56.0 Å². The van der Waals surface area contributed by atoms with E-state index in [9.17, 15) is 17.8 Å². The van der Waals surface area contributed by atoms with Gasteiger partial charge in [0.05, 0.1) is 15.2 Å². The molecule has 10 heteroatoms. The highest BCUT2D eigenvalue weighted by atomic mass is 32.2. The van der Waals surface area contributed by atoms with Crippen molar-refractivity contribution in [3.63, 3.8) is 0 Å². The van der Waals surface area contributed by atoms with Gasteiger partial charge in [0.1, 0.15) is 10.7 Å². The van der Waals surface area contributed by atoms with Gasteiger partial charge in [0.25, 0.3) is 5.91 Å². The Hall–Kier alpha value is -2.88. The van der Waals surface area contributed by atoms with Crippen LogP contribution in [-0.2, 0) is 16.3 Å². The number of benzene rings is 1. The van der Waals surface area contributed by atoms with Gasteiger partial charge in [-0.15, -0.1) is 0 Å². The third kappa shape index (κ3) is 4.23. The van der Waals surface area contributed by atoms with E-state index in [2.05, 4.69) is 10.3 Å². The van der Waals surface area contributed by atoms with Gasteiger partial charge in [-0.3, -0.25) is 9.48 Å². The lowest BCUT2D eigenvalue weighted by atomic mass is 9.67. The Morgan fingerprint density at radius 3 is 2.67 bits per heavy atom. The van der Waals surface area contributed by atoms with Gasteiger partial charge in [-0.25, -0.2) is 22.8 Å². The minimum atomic E-state index is -3.05. The number of nitrogens with one attached hydrogen (secondary N) is 2. The molecule has 5 rings (SSSR count). The summed E-state index contributed by atoms with van der Waals surface area (Å²) >= 11 is 0. The number of hydrogen-bond acceptors (Lipinski definition) is 5. The van der Waals surface area contributed by atoms with Crippen molar-refractivity contribution in [3.05, 3.63) is 47.8 Å². The molecule has 0 bridgehead atoms.